The molecule has 0 aliphatic rings. The first-order valence-electron chi connectivity index (χ1n) is 7.87. The fraction of sp³-hybridized carbons (Fsp3) is 0.333. The Morgan fingerprint density at radius 1 is 1.04 bits per heavy atom. The lowest BCUT2D eigenvalue weighted by Crippen LogP contribution is -2.34. The third-order valence-corrected chi connectivity index (χ3v) is 4.90. The van der Waals surface area contributed by atoms with Crippen LogP contribution in [0.15, 0.2) is 24.3 Å². The van der Waals surface area contributed by atoms with E-state index in [1.165, 1.54) is 19.1 Å². The molecule has 2 rings (SSSR count). The molecule has 0 aliphatic carbocycles. The van der Waals surface area contributed by atoms with Crippen LogP contribution in [-0.2, 0) is 22.6 Å². The van der Waals surface area contributed by atoms with E-state index >= 15 is 0 Å². The van der Waals surface area contributed by atoms with Crippen molar-refractivity contribution in [2.45, 2.75) is 26.8 Å². The molecule has 0 saturated carbocycles. The van der Waals surface area contributed by atoms with Crippen LogP contribution < -0.4 is 20.1 Å². The second kappa shape index (κ2) is 8.53. The molecule has 0 radical (unpaired) electrons. The van der Waals surface area contributed by atoms with Gasteiger partial charge in [-0.3, -0.25) is 9.59 Å². The van der Waals surface area contributed by atoms with E-state index < -0.39 is 11.8 Å². The number of rotatable bonds is 6. The van der Waals surface area contributed by atoms with Gasteiger partial charge in [-0.25, -0.2) is 0 Å². The molecule has 2 amide bonds. The number of benzene rings is 1. The number of ether oxygens (including phenoxy) is 2. The normalized spacial score (nSPS) is 10.2. The quantitative estimate of drug-likeness (QED) is 0.775. The van der Waals surface area contributed by atoms with Crippen LogP contribution in [0.3, 0.4) is 0 Å². The number of hydrogen-bond acceptors (Lipinski definition) is 5. The molecule has 1 heterocycles. The fourth-order valence-corrected chi connectivity index (χ4v) is 3.15. The second-order valence-electron chi connectivity index (χ2n) is 5.38. The number of amides is 2. The number of carbonyl (C=O) groups is 2. The minimum absolute atomic E-state index is 0.335. The largest absolute Gasteiger partial charge is 0.493 e. The lowest BCUT2D eigenvalue weighted by Gasteiger charge is -2.13. The number of carbonyl (C=O) groups excluding carboxylic acids is 2. The predicted molar refractivity (Wildman–Crippen MR) is 98.5 cm³/mol. The maximum atomic E-state index is 12.1. The third kappa shape index (κ3) is 4.73. The first-order chi connectivity index (χ1) is 12.0. The van der Waals surface area contributed by atoms with Crippen molar-refractivity contribution in [1.82, 2.24) is 5.32 Å². The Labute approximate surface area is 151 Å². The van der Waals surface area contributed by atoms with Gasteiger partial charge in [-0.15, -0.1) is 11.3 Å². The van der Waals surface area contributed by atoms with Gasteiger partial charge in [0, 0.05) is 21.5 Å². The van der Waals surface area contributed by atoms with Crippen LogP contribution in [0.4, 0.5) is 5.69 Å². The van der Waals surface area contributed by atoms with Gasteiger partial charge < -0.3 is 20.1 Å². The molecule has 2 N–H and O–H groups in total. The third-order valence-electron chi connectivity index (χ3n) is 3.67. The topological polar surface area (TPSA) is 76.7 Å². The first kappa shape index (κ1) is 18.8. The Morgan fingerprint density at radius 2 is 1.68 bits per heavy atom. The number of methoxy groups -OCH3 is 2. The zero-order chi connectivity index (χ0) is 18.4. The molecule has 25 heavy (non-hydrogen) atoms. The monoisotopic (exact) mass is 362 g/mol. The lowest BCUT2D eigenvalue weighted by molar-refractivity contribution is -0.136. The summed E-state index contributed by atoms with van der Waals surface area (Å²) in [7, 11) is 3.05. The number of anilines is 1. The van der Waals surface area contributed by atoms with Crippen LogP contribution in [0.2, 0.25) is 0 Å². The Bertz CT molecular complexity index is 770. The Morgan fingerprint density at radius 3 is 2.28 bits per heavy atom. The van der Waals surface area contributed by atoms with Gasteiger partial charge in [0.25, 0.3) is 0 Å². The van der Waals surface area contributed by atoms with Crippen molar-refractivity contribution < 1.29 is 19.1 Å². The van der Waals surface area contributed by atoms with Gasteiger partial charge in [0.2, 0.25) is 0 Å². The van der Waals surface area contributed by atoms with Gasteiger partial charge in [-0.05, 0) is 37.1 Å². The summed E-state index contributed by atoms with van der Waals surface area (Å²) < 4.78 is 10.4. The number of hydrogen-bond donors (Lipinski definition) is 2. The number of nitrogens with one attached hydrogen (secondary N) is 2. The lowest BCUT2D eigenvalue weighted by atomic mass is 10.1. The van der Waals surface area contributed by atoms with Crippen molar-refractivity contribution in [2.75, 3.05) is 19.5 Å². The molecule has 0 bridgehead atoms. The van der Waals surface area contributed by atoms with E-state index in [-0.39, 0.29) is 0 Å². The van der Waals surface area contributed by atoms with Crippen LogP contribution in [0.25, 0.3) is 0 Å². The minimum Gasteiger partial charge on any atom is -0.493 e. The molecular formula is C18H22N2O4S. The molecule has 0 spiro atoms. The average molecular weight is 362 g/mol. The molecule has 6 nitrogen and oxygen atoms in total. The second-order valence-corrected chi connectivity index (χ2v) is 6.63. The van der Waals surface area contributed by atoms with Crippen molar-refractivity contribution in [3.63, 3.8) is 0 Å². The summed E-state index contributed by atoms with van der Waals surface area (Å²) in [5.74, 6) is -0.357. The van der Waals surface area contributed by atoms with Crippen molar-refractivity contribution in [1.29, 1.82) is 0 Å². The number of thiophene rings is 1. The molecule has 1 aromatic carbocycles. The molecule has 1 aromatic heterocycles. The van der Waals surface area contributed by atoms with Crippen LogP contribution in [0.5, 0.6) is 11.5 Å². The van der Waals surface area contributed by atoms with Gasteiger partial charge in [0.05, 0.1) is 20.8 Å². The SMILES string of the molecule is CCc1ccc(CNC(=O)C(=O)Nc2cc(OC)c(OC)cc2C)s1. The van der Waals surface area contributed by atoms with Gasteiger partial charge in [0.15, 0.2) is 11.5 Å². The molecule has 2 aromatic rings. The van der Waals surface area contributed by atoms with E-state index in [1.807, 2.05) is 19.1 Å². The summed E-state index contributed by atoms with van der Waals surface area (Å²) >= 11 is 1.63. The highest BCUT2D eigenvalue weighted by Crippen LogP contribution is 2.32. The molecular weight excluding hydrogens is 340 g/mol. The highest BCUT2D eigenvalue weighted by molar-refractivity contribution is 7.11. The summed E-state index contributed by atoms with van der Waals surface area (Å²) in [4.78, 5) is 26.4. The Balaban J connectivity index is 1.99. The predicted octanol–water partition coefficient (Wildman–Crippen LogP) is 2.89. The molecule has 0 aliphatic heterocycles. The zero-order valence-corrected chi connectivity index (χ0v) is 15.6. The zero-order valence-electron chi connectivity index (χ0n) is 14.8. The van der Waals surface area contributed by atoms with E-state index in [2.05, 4.69) is 17.6 Å². The molecule has 134 valence electrons. The van der Waals surface area contributed by atoms with Crippen LogP contribution in [0.1, 0.15) is 22.2 Å². The highest BCUT2D eigenvalue weighted by Gasteiger charge is 2.16. The summed E-state index contributed by atoms with van der Waals surface area (Å²) in [6.45, 7) is 4.22. The Hall–Kier alpha value is -2.54. The summed E-state index contributed by atoms with van der Waals surface area (Å²) in [5, 5.41) is 5.24. The highest BCUT2D eigenvalue weighted by atomic mass is 32.1. The molecule has 0 atom stereocenters. The first-order valence-corrected chi connectivity index (χ1v) is 8.69. The van der Waals surface area contributed by atoms with E-state index in [4.69, 9.17) is 9.47 Å². The van der Waals surface area contributed by atoms with Gasteiger partial charge >= 0.3 is 11.8 Å². The van der Waals surface area contributed by atoms with E-state index in [0.717, 1.165) is 16.9 Å². The van der Waals surface area contributed by atoms with Crippen molar-refractivity contribution in [3.05, 3.63) is 39.6 Å². The van der Waals surface area contributed by atoms with Gasteiger partial charge in [-0.2, -0.15) is 0 Å². The molecule has 0 saturated heterocycles. The van der Waals surface area contributed by atoms with Crippen LogP contribution >= 0.6 is 11.3 Å². The van der Waals surface area contributed by atoms with Crippen LogP contribution in [-0.4, -0.2) is 26.0 Å². The molecule has 0 fully saturated rings. The maximum Gasteiger partial charge on any atom is 0.313 e. The maximum absolute atomic E-state index is 12.1. The number of aryl methyl sites for hydroxylation is 2. The van der Waals surface area contributed by atoms with E-state index in [0.29, 0.717) is 23.7 Å². The van der Waals surface area contributed by atoms with E-state index in [1.54, 1.807) is 23.5 Å². The summed E-state index contributed by atoms with van der Waals surface area (Å²) in [5.41, 5.74) is 1.27. The van der Waals surface area contributed by atoms with Crippen LogP contribution in [0, 0.1) is 6.92 Å². The Kier molecular flexibility index (Phi) is 6.41. The minimum atomic E-state index is -0.720. The molecule has 7 heteroatoms. The van der Waals surface area contributed by atoms with Crippen molar-refractivity contribution in [3.8, 4) is 11.5 Å². The van der Waals surface area contributed by atoms with Crippen molar-refractivity contribution in [2.24, 2.45) is 0 Å². The van der Waals surface area contributed by atoms with Gasteiger partial charge in [-0.1, -0.05) is 6.92 Å². The van der Waals surface area contributed by atoms with E-state index in [9.17, 15) is 9.59 Å². The smallest absolute Gasteiger partial charge is 0.313 e. The molecule has 0 unspecified atom stereocenters. The summed E-state index contributed by atoms with van der Waals surface area (Å²) in [6.07, 6.45) is 0.956. The summed E-state index contributed by atoms with van der Waals surface area (Å²) in [6, 6.07) is 7.36. The van der Waals surface area contributed by atoms with Gasteiger partial charge in [0.1, 0.15) is 0 Å². The average Bonchev–Trinajstić information content (AvgIpc) is 3.08. The standard InChI is InChI=1S/C18H22N2O4S/c1-5-12-6-7-13(25-12)10-19-17(21)18(22)20-14-9-16(24-4)15(23-3)8-11(14)2/h6-9H,5,10H2,1-4H3,(H,19,21)(H,20,22). The van der Waals surface area contributed by atoms with Crippen molar-refractivity contribution >= 4 is 28.8 Å². The fourth-order valence-electron chi connectivity index (χ4n) is 2.25.